The summed E-state index contributed by atoms with van der Waals surface area (Å²) in [5, 5.41) is 8.12. The number of hydrogen-bond acceptors (Lipinski definition) is 4. The first-order chi connectivity index (χ1) is 9.49. The maximum atomic E-state index is 6.25. The van der Waals surface area contributed by atoms with Gasteiger partial charge in [-0.25, -0.2) is 0 Å². The fourth-order valence-corrected chi connectivity index (χ4v) is 4.00. The highest BCUT2D eigenvalue weighted by atomic mass is 32.2. The molecule has 3 N–H and O–H groups in total. The van der Waals surface area contributed by atoms with Gasteiger partial charge in [-0.15, -0.1) is 0 Å². The van der Waals surface area contributed by atoms with Crippen molar-refractivity contribution < 1.29 is 0 Å². The summed E-state index contributed by atoms with van der Waals surface area (Å²) in [5.41, 5.74) is 8.06. The summed E-state index contributed by atoms with van der Waals surface area (Å²) < 4.78 is 2.26. The maximum absolute atomic E-state index is 6.25. The maximum Gasteiger partial charge on any atom is 0.147 e. The van der Waals surface area contributed by atoms with Gasteiger partial charge in [-0.2, -0.15) is 16.9 Å². The fraction of sp³-hybridized carbons (Fsp3) is 0.800. The quantitative estimate of drug-likeness (QED) is 0.871. The molecule has 1 saturated carbocycles. The molecule has 0 saturated heterocycles. The van der Waals surface area contributed by atoms with Gasteiger partial charge in [0.15, 0.2) is 0 Å². The van der Waals surface area contributed by atoms with Gasteiger partial charge in [-0.3, -0.25) is 4.68 Å². The van der Waals surface area contributed by atoms with Crippen molar-refractivity contribution in [1.29, 1.82) is 0 Å². The van der Waals surface area contributed by atoms with E-state index in [0.29, 0.717) is 10.7 Å². The molecule has 0 amide bonds. The number of nitrogens with one attached hydrogen (secondary N) is 1. The average molecular weight is 296 g/mol. The third kappa shape index (κ3) is 3.08. The number of nitrogens with two attached hydrogens (primary N) is 1. The Morgan fingerprint density at radius 3 is 2.50 bits per heavy atom. The van der Waals surface area contributed by atoms with Gasteiger partial charge >= 0.3 is 0 Å². The summed E-state index contributed by atoms with van der Waals surface area (Å²) >= 11 is 2.00. The minimum absolute atomic E-state index is 0.362. The number of nitrogens with zero attached hydrogens (tertiary/aromatic N) is 2. The Bertz CT molecular complexity index is 447. The second-order valence-electron chi connectivity index (χ2n) is 6.23. The second-order valence-corrected chi connectivity index (χ2v) is 7.50. The van der Waals surface area contributed by atoms with E-state index in [1.807, 2.05) is 23.5 Å². The van der Waals surface area contributed by atoms with Crippen molar-refractivity contribution in [1.82, 2.24) is 9.78 Å². The molecule has 0 unspecified atom stereocenters. The first kappa shape index (κ1) is 15.5. The topological polar surface area (TPSA) is 55.9 Å². The van der Waals surface area contributed by atoms with E-state index in [1.165, 1.54) is 32.1 Å². The van der Waals surface area contributed by atoms with E-state index in [1.54, 1.807) is 0 Å². The first-order valence-electron chi connectivity index (χ1n) is 7.60. The van der Waals surface area contributed by atoms with Crippen molar-refractivity contribution in [3.8, 4) is 0 Å². The largest absolute Gasteiger partial charge is 0.394 e. The summed E-state index contributed by atoms with van der Waals surface area (Å²) in [7, 11) is 1.97. The predicted octanol–water partition coefficient (Wildman–Crippen LogP) is 3.60. The molecule has 1 aromatic heterocycles. The van der Waals surface area contributed by atoms with E-state index < -0.39 is 0 Å². The molecule has 1 fully saturated rings. The summed E-state index contributed by atoms with van der Waals surface area (Å²) in [6.07, 6.45) is 8.92. The third-order valence-electron chi connectivity index (χ3n) is 4.44. The molecule has 0 aliphatic heterocycles. The number of hydrogen-bond donors (Lipinski definition) is 2. The third-order valence-corrected chi connectivity index (χ3v) is 5.85. The van der Waals surface area contributed by atoms with Crippen molar-refractivity contribution in [3.05, 3.63) is 5.69 Å². The van der Waals surface area contributed by atoms with E-state index in [9.17, 15) is 0 Å². The minimum atomic E-state index is 0.362. The number of nitrogen functional groups attached to an aromatic ring is 1. The number of anilines is 2. The Morgan fingerprint density at radius 1 is 1.35 bits per heavy atom. The zero-order chi connectivity index (χ0) is 14.8. The van der Waals surface area contributed by atoms with Crippen molar-refractivity contribution in [2.75, 3.05) is 23.9 Å². The van der Waals surface area contributed by atoms with Crippen LogP contribution in [0.2, 0.25) is 0 Å². The van der Waals surface area contributed by atoms with Gasteiger partial charge in [0.25, 0.3) is 0 Å². The molecule has 5 heteroatoms. The van der Waals surface area contributed by atoms with Crippen molar-refractivity contribution in [3.63, 3.8) is 0 Å². The van der Waals surface area contributed by atoms with Crippen LogP contribution < -0.4 is 11.1 Å². The van der Waals surface area contributed by atoms with Gasteiger partial charge in [0.2, 0.25) is 0 Å². The molecule has 0 spiro atoms. The van der Waals surface area contributed by atoms with Gasteiger partial charge in [-0.1, -0.05) is 33.1 Å². The molecule has 2 rings (SSSR count). The molecule has 0 radical (unpaired) electrons. The molecule has 1 heterocycles. The van der Waals surface area contributed by atoms with Gasteiger partial charge in [-0.05, 0) is 25.0 Å². The molecule has 1 aliphatic rings. The van der Waals surface area contributed by atoms with E-state index >= 15 is 0 Å². The molecule has 1 aromatic rings. The predicted molar refractivity (Wildman–Crippen MR) is 89.5 cm³/mol. The molecule has 1 aliphatic carbocycles. The SMILES string of the molecule is CSC1(CNc2c(N)c(C(C)C)nn2C)CCCCC1. The van der Waals surface area contributed by atoms with Crippen LogP contribution in [0.5, 0.6) is 0 Å². The number of aromatic nitrogens is 2. The number of aryl methyl sites for hydroxylation is 1. The Balaban J connectivity index is 2.10. The van der Waals surface area contributed by atoms with Crippen LogP contribution in [0.1, 0.15) is 57.6 Å². The highest BCUT2D eigenvalue weighted by molar-refractivity contribution is 8.00. The molecule has 114 valence electrons. The summed E-state index contributed by atoms with van der Waals surface area (Å²) in [6.45, 7) is 5.25. The second kappa shape index (κ2) is 6.29. The fourth-order valence-electron chi connectivity index (χ4n) is 3.09. The molecular formula is C15H28N4S. The van der Waals surface area contributed by atoms with Crippen molar-refractivity contribution in [2.45, 2.75) is 56.6 Å². The van der Waals surface area contributed by atoms with Gasteiger partial charge in [0.1, 0.15) is 5.82 Å². The van der Waals surface area contributed by atoms with Crippen LogP contribution in [0.3, 0.4) is 0 Å². The van der Waals surface area contributed by atoms with Gasteiger partial charge in [0.05, 0.1) is 11.4 Å². The smallest absolute Gasteiger partial charge is 0.147 e. The van der Waals surface area contributed by atoms with Crippen LogP contribution in [0.15, 0.2) is 0 Å². The molecule has 20 heavy (non-hydrogen) atoms. The Labute approximate surface area is 126 Å². The normalized spacial score (nSPS) is 18.4. The van der Waals surface area contributed by atoms with E-state index in [0.717, 1.165) is 23.7 Å². The van der Waals surface area contributed by atoms with E-state index in [2.05, 4.69) is 30.5 Å². The molecule has 0 atom stereocenters. The van der Waals surface area contributed by atoms with Crippen LogP contribution in [-0.4, -0.2) is 27.3 Å². The lowest BCUT2D eigenvalue weighted by Gasteiger charge is -2.36. The van der Waals surface area contributed by atoms with Crippen LogP contribution in [-0.2, 0) is 7.05 Å². The molecule has 0 bridgehead atoms. The Morgan fingerprint density at radius 2 is 2.00 bits per heavy atom. The lowest BCUT2D eigenvalue weighted by molar-refractivity contribution is 0.411. The Hall–Kier alpha value is -0.840. The van der Waals surface area contributed by atoms with Crippen LogP contribution >= 0.6 is 11.8 Å². The van der Waals surface area contributed by atoms with Crippen LogP contribution in [0.25, 0.3) is 0 Å². The number of rotatable bonds is 5. The zero-order valence-corrected chi connectivity index (χ0v) is 14.0. The van der Waals surface area contributed by atoms with Crippen LogP contribution in [0, 0.1) is 0 Å². The molecule has 0 aromatic carbocycles. The average Bonchev–Trinajstić information content (AvgIpc) is 2.73. The van der Waals surface area contributed by atoms with Crippen LogP contribution in [0.4, 0.5) is 11.5 Å². The van der Waals surface area contributed by atoms with E-state index in [4.69, 9.17) is 5.73 Å². The standard InChI is InChI=1S/C15H28N4S/c1-11(2)13-12(16)14(19(3)18-13)17-10-15(20-4)8-6-5-7-9-15/h11,17H,5-10,16H2,1-4H3. The monoisotopic (exact) mass is 296 g/mol. The first-order valence-corrected chi connectivity index (χ1v) is 8.83. The summed E-state index contributed by atoms with van der Waals surface area (Å²) in [6, 6.07) is 0. The van der Waals surface area contributed by atoms with Crippen molar-refractivity contribution in [2.24, 2.45) is 7.05 Å². The highest BCUT2D eigenvalue weighted by Gasteiger charge is 2.31. The lowest BCUT2D eigenvalue weighted by Crippen LogP contribution is -2.36. The molecular weight excluding hydrogens is 268 g/mol. The highest BCUT2D eigenvalue weighted by Crippen LogP contribution is 2.39. The number of thioether (sulfide) groups is 1. The van der Waals surface area contributed by atoms with E-state index in [-0.39, 0.29) is 0 Å². The minimum Gasteiger partial charge on any atom is -0.394 e. The Kier molecular flexibility index (Phi) is 4.89. The lowest BCUT2D eigenvalue weighted by atomic mass is 9.88. The summed E-state index contributed by atoms with van der Waals surface area (Å²) in [4.78, 5) is 0. The molecule has 4 nitrogen and oxygen atoms in total. The zero-order valence-electron chi connectivity index (χ0n) is 13.2. The van der Waals surface area contributed by atoms with Gasteiger partial charge in [0, 0.05) is 18.3 Å². The van der Waals surface area contributed by atoms with Gasteiger partial charge < -0.3 is 11.1 Å². The summed E-state index contributed by atoms with van der Waals surface area (Å²) in [5.74, 6) is 1.34. The van der Waals surface area contributed by atoms with Crippen molar-refractivity contribution >= 4 is 23.3 Å².